The fourth-order valence-corrected chi connectivity index (χ4v) is 2.26. The summed E-state index contributed by atoms with van der Waals surface area (Å²) in [5.74, 6) is 0.0419. The normalized spacial score (nSPS) is 11.3. The van der Waals surface area contributed by atoms with Gasteiger partial charge in [0.1, 0.15) is 18.0 Å². The van der Waals surface area contributed by atoms with Crippen LogP contribution in [-0.4, -0.2) is 33.3 Å². The van der Waals surface area contributed by atoms with Crippen molar-refractivity contribution in [2.75, 3.05) is 6.07 Å². The first-order valence-electron chi connectivity index (χ1n) is 7.43. The molecule has 1 aromatic carbocycles. The number of halogens is 1. The van der Waals surface area contributed by atoms with Gasteiger partial charge < -0.3 is 19.4 Å². The van der Waals surface area contributed by atoms with E-state index >= 15 is 0 Å². The van der Waals surface area contributed by atoms with E-state index in [1.54, 1.807) is 25.3 Å². The van der Waals surface area contributed by atoms with Crippen molar-refractivity contribution in [3.63, 3.8) is 0 Å². The molecular weight excluding hydrogens is 334 g/mol. The van der Waals surface area contributed by atoms with Crippen LogP contribution >= 0.6 is 11.6 Å². The predicted octanol–water partition coefficient (Wildman–Crippen LogP) is 2.80. The van der Waals surface area contributed by atoms with Gasteiger partial charge >= 0.3 is 12.1 Å². The molecule has 2 rings (SSSR count). The fourth-order valence-electron chi connectivity index (χ4n) is 2.14. The molecule has 1 heterocycles. The molecule has 8 heteroatoms. The van der Waals surface area contributed by atoms with Crippen molar-refractivity contribution in [1.82, 2.24) is 14.9 Å². The van der Waals surface area contributed by atoms with Crippen LogP contribution in [-0.2, 0) is 27.4 Å². The third kappa shape index (κ3) is 4.86. The minimum atomic E-state index is -0.589. The van der Waals surface area contributed by atoms with Gasteiger partial charge in [0.05, 0.1) is 17.6 Å². The summed E-state index contributed by atoms with van der Waals surface area (Å²) in [6, 6.07) is 7.15. The van der Waals surface area contributed by atoms with E-state index in [0.29, 0.717) is 5.82 Å². The summed E-state index contributed by atoms with van der Waals surface area (Å²) >= 11 is 5.42. The van der Waals surface area contributed by atoms with E-state index in [2.05, 4.69) is 10.3 Å². The molecule has 0 atom stereocenters. The highest BCUT2D eigenvalue weighted by Crippen LogP contribution is 2.16. The van der Waals surface area contributed by atoms with Gasteiger partial charge in [-0.05, 0) is 32.9 Å². The maximum atomic E-state index is 11.8. The number of rotatable bonds is 5. The van der Waals surface area contributed by atoms with Gasteiger partial charge in [-0.1, -0.05) is 23.7 Å². The number of aromatic nitrogens is 2. The van der Waals surface area contributed by atoms with Crippen LogP contribution < -0.4 is 5.32 Å². The van der Waals surface area contributed by atoms with Crippen LogP contribution in [0.2, 0.25) is 0 Å². The molecule has 2 aromatic rings. The molecule has 7 nitrogen and oxygen atoms in total. The Balaban J connectivity index is 2.19. The average molecular weight is 354 g/mol. The molecule has 130 valence electrons. The van der Waals surface area contributed by atoms with E-state index < -0.39 is 17.7 Å². The molecule has 0 saturated carbocycles. The molecular formula is C16H20ClN3O4. The number of carbonyl (C=O) groups excluding carboxylic acids is 2. The van der Waals surface area contributed by atoms with Gasteiger partial charge in [0.2, 0.25) is 0 Å². The highest BCUT2D eigenvalue weighted by atomic mass is 35.5. The minimum absolute atomic E-state index is 0.0431. The molecule has 0 aliphatic rings. The summed E-state index contributed by atoms with van der Waals surface area (Å²) in [6.07, 6.45) is -0.551. The van der Waals surface area contributed by atoms with E-state index in [-0.39, 0.29) is 19.2 Å². The summed E-state index contributed by atoms with van der Waals surface area (Å²) < 4.78 is 11.7. The van der Waals surface area contributed by atoms with Crippen molar-refractivity contribution in [2.45, 2.75) is 39.5 Å². The van der Waals surface area contributed by atoms with Crippen molar-refractivity contribution < 1.29 is 19.1 Å². The monoisotopic (exact) mass is 353 g/mol. The second-order valence-corrected chi connectivity index (χ2v) is 6.30. The molecule has 1 N–H and O–H groups in total. The second-order valence-electron chi connectivity index (χ2n) is 6.08. The number of ether oxygens (including phenoxy) is 2. The molecule has 1 aromatic heterocycles. The molecule has 0 spiro atoms. The van der Waals surface area contributed by atoms with Gasteiger partial charge in [0.25, 0.3) is 0 Å². The average Bonchev–Trinajstić information content (AvgIpc) is 2.82. The Morgan fingerprint density at radius 2 is 2.00 bits per heavy atom. The number of hydrogen-bond donors (Lipinski definition) is 1. The number of alkyl halides is 1. The largest absolute Gasteiger partial charge is 0.448 e. The van der Waals surface area contributed by atoms with E-state index in [9.17, 15) is 9.59 Å². The Bertz CT molecular complexity index is 736. The summed E-state index contributed by atoms with van der Waals surface area (Å²) in [7, 11) is 0. The number of hydrogen-bond acceptors (Lipinski definition) is 5. The van der Waals surface area contributed by atoms with Gasteiger partial charge in [-0.25, -0.2) is 9.78 Å². The molecule has 0 bridgehead atoms. The number of carbonyl (C=O) groups is 2. The number of alkyl carbamates (subject to hydrolysis) is 1. The summed E-state index contributed by atoms with van der Waals surface area (Å²) in [6.45, 7) is 5.42. The van der Waals surface area contributed by atoms with Gasteiger partial charge in [-0.2, -0.15) is 0 Å². The first-order valence-corrected chi connectivity index (χ1v) is 7.96. The highest BCUT2D eigenvalue weighted by Gasteiger charge is 2.18. The number of esters is 1. The number of amides is 1. The third-order valence-electron chi connectivity index (χ3n) is 3.03. The first-order chi connectivity index (χ1) is 11.3. The van der Waals surface area contributed by atoms with E-state index in [1.807, 2.05) is 24.3 Å². The third-order valence-corrected chi connectivity index (χ3v) is 3.14. The van der Waals surface area contributed by atoms with Crippen LogP contribution in [0.1, 0.15) is 26.6 Å². The maximum Gasteiger partial charge on any atom is 0.408 e. The SMILES string of the molecule is CC(C)(C)OC(=O)NCc1nc2ccccc2n1CC(=O)OCCl. The predicted molar refractivity (Wildman–Crippen MR) is 89.6 cm³/mol. The van der Waals surface area contributed by atoms with Crippen LogP contribution in [0.5, 0.6) is 0 Å². The molecule has 0 radical (unpaired) electrons. The van der Waals surface area contributed by atoms with Gasteiger partial charge in [0.15, 0.2) is 6.07 Å². The van der Waals surface area contributed by atoms with Crippen LogP contribution in [0, 0.1) is 0 Å². The van der Waals surface area contributed by atoms with Crippen molar-refractivity contribution >= 4 is 34.7 Å². The Labute approximate surface area is 144 Å². The van der Waals surface area contributed by atoms with Crippen LogP contribution in [0.15, 0.2) is 24.3 Å². The number of para-hydroxylation sites is 2. The highest BCUT2D eigenvalue weighted by molar-refractivity contribution is 6.17. The van der Waals surface area contributed by atoms with E-state index in [1.165, 1.54) is 0 Å². The molecule has 0 aliphatic carbocycles. The number of nitrogens with zero attached hydrogens (tertiary/aromatic N) is 2. The number of benzene rings is 1. The number of imidazole rings is 1. The Morgan fingerprint density at radius 1 is 1.29 bits per heavy atom. The molecule has 24 heavy (non-hydrogen) atoms. The zero-order valence-corrected chi connectivity index (χ0v) is 14.6. The van der Waals surface area contributed by atoms with Gasteiger partial charge in [-0.15, -0.1) is 0 Å². The zero-order chi connectivity index (χ0) is 17.7. The Morgan fingerprint density at radius 3 is 2.67 bits per heavy atom. The molecule has 1 amide bonds. The van der Waals surface area contributed by atoms with Gasteiger partial charge in [-0.3, -0.25) is 4.79 Å². The van der Waals surface area contributed by atoms with Gasteiger partial charge in [0, 0.05) is 0 Å². The topological polar surface area (TPSA) is 82.5 Å². The lowest BCUT2D eigenvalue weighted by molar-refractivity contribution is -0.142. The fraction of sp³-hybridized carbons (Fsp3) is 0.438. The first kappa shape index (κ1) is 18.1. The lowest BCUT2D eigenvalue weighted by Gasteiger charge is -2.19. The zero-order valence-electron chi connectivity index (χ0n) is 13.8. The quantitative estimate of drug-likeness (QED) is 0.660. The summed E-state index contributed by atoms with van der Waals surface area (Å²) in [4.78, 5) is 28.0. The van der Waals surface area contributed by atoms with Crippen LogP contribution in [0.4, 0.5) is 4.79 Å². The summed E-state index contributed by atoms with van der Waals surface area (Å²) in [5, 5.41) is 2.64. The second kappa shape index (κ2) is 7.53. The summed E-state index contributed by atoms with van der Waals surface area (Å²) in [5.41, 5.74) is 0.899. The smallest absolute Gasteiger partial charge is 0.408 e. The number of fused-ring (bicyclic) bond motifs is 1. The molecule has 0 saturated heterocycles. The van der Waals surface area contributed by atoms with Crippen molar-refractivity contribution in [2.24, 2.45) is 0 Å². The minimum Gasteiger partial charge on any atom is -0.448 e. The van der Waals surface area contributed by atoms with Crippen molar-refractivity contribution in [3.05, 3.63) is 30.1 Å². The molecule has 0 unspecified atom stereocenters. The Kier molecular flexibility index (Phi) is 5.66. The van der Waals surface area contributed by atoms with E-state index in [0.717, 1.165) is 11.0 Å². The number of nitrogens with one attached hydrogen (secondary N) is 1. The lowest BCUT2D eigenvalue weighted by Crippen LogP contribution is -2.33. The van der Waals surface area contributed by atoms with E-state index in [4.69, 9.17) is 21.1 Å². The van der Waals surface area contributed by atoms with Crippen LogP contribution in [0.25, 0.3) is 11.0 Å². The lowest BCUT2D eigenvalue weighted by atomic mass is 10.2. The van der Waals surface area contributed by atoms with Crippen molar-refractivity contribution in [3.8, 4) is 0 Å². The Hall–Kier alpha value is -2.28. The van der Waals surface area contributed by atoms with Crippen molar-refractivity contribution in [1.29, 1.82) is 0 Å². The standard InChI is InChI=1S/C16H20ClN3O4/c1-16(2,3)24-15(22)18-8-13-19-11-6-4-5-7-12(11)20(13)9-14(21)23-10-17/h4-7H,8-10H2,1-3H3,(H,18,22). The molecule has 0 fully saturated rings. The maximum absolute atomic E-state index is 11.8. The molecule has 0 aliphatic heterocycles. The van der Waals surface area contributed by atoms with Crippen LogP contribution in [0.3, 0.4) is 0 Å².